The van der Waals surface area contributed by atoms with Crippen molar-refractivity contribution in [1.29, 1.82) is 5.26 Å². The molecule has 0 N–H and O–H groups in total. The van der Waals surface area contributed by atoms with Crippen LogP contribution >= 0.6 is 0 Å². The number of rotatable bonds is 1. The fourth-order valence-electron chi connectivity index (χ4n) is 2.95. The van der Waals surface area contributed by atoms with Crippen molar-refractivity contribution in [3.05, 3.63) is 44.4 Å². The number of hydrogen-bond donors (Lipinski definition) is 0. The molecule has 0 fully saturated rings. The topological polar surface area (TPSA) is 120 Å². The normalized spacial score (nSPS) is 27.7. The minimum Gasteiger partial charge on any atom is -0.359 e. The first-order valence-corrected chi connectivity index (χ1v) is 6.02. The summed E-state index contributed by atoms with van der Waals surface area (Å²) in [6, 6.07) is 1.86. The first-order valence-electron chi connectivity index (χ1n) is 6.02. The highest BCUT2D eigenvalue weighted by Crippen LogP contribution is 2.48. The molecule has 0 aromatic carbocycles. The van der Waals surface area contributed by atoms with Crippen molar-refractivity contribution >= 4 is 5.57 Å². The Morgan fingerprint density at radius 2 is 2.45 bits per heavy atom. The van der Waals surface area contributed by atoms with E-state index in [9.17, 15) is 15.3 Å². The molecule has 0 saturated heterocycles. The fourth-order valence-corrected chi connectivity index (χ4v) is 2.95. The monoisotopic (exact) mass is 274 g/mol. The minimum atomic E-state index is -1.48. The van der Waals surface area contributed by atoms with Crippen LogP contribution in [-0.2, 0) is 0 Å². The average molecular weight is 274 g/mol. The lowest BCUT2D eigenvalue weighted by molar-refractivity contribution is -0.810. The number of nitriles is 1. The smallest absolute Gasteiger partial charge is 0.262 e. The van der Waals surface area contributed by atoms with Crippen LogP contribution in [0.5, 0.6) is 0 Å². The van der Waals surface area contributed by atoms with Crippen LogP contribution in [0.3, 0.4) is 0 Å². The highest BCUT2D eigenvalue weighted by molar-refractivity contribution is 5.78. The van der Waals surface area contributed by atoms with Gasteiger partial charge >= 0.3 is 0 Å². The lowest BCUT2D eigenvalue weighted by atomic mass is 9.68. The molecule has 0 spiro atoms. The van der Waals surface area contributed by atoms with E-state index in [1.807, 2.05) is 13.0 Å². The van der Waals surface area contributed by atoms with Gasteiger partial charge in [0, 0.05) is 22.6 Å². The Labute approximate surface area is 113 Å². The Bertz CT molecular complexity index is 712. The predicted molar refractivity (Wildman–Crippen MR) is 64.5 cm³/mol. The van der Waals surface area contributed by atoms with Gasteiger partial charge in [0.25, 0.3) is 11.2 Å². The van der Waals surface area contributed by atoms with E-state index in [4.69, 9.17) is 5.26 Å². The van der Waals surface area contributed by atoms with Crippen molar-refractivity contribution < 1.29 is 14.5 Å². The average Bonchev–Trinajstić information content (AvgIpc) is 2.80. The molecule has 8 nitrogen and oxygen atoms in total. The molecule has 1 aromatic rings. The second-order valence-electron chi connectivity index (χ2n) is 5.09. The summed E-state index contributed by atoms with van der Waals surface area (Å²) in [6.07, 6.45) is 3.60. The molecule has 0 saturated carbocycles. The van der Waals surface area contributed by atoms with Crippen molar-refractivity contribution in [3.63, 3.8) is 0 Å². The summed E-state index contributed by atoms with van der Waals surface area (Å²) in [7, 11) is 0. The standard InChI is InChI=1S/C12H10N4O4/c1-7-2-3-12(16(18)19)5-8(6-13)10-11(9(12)4-7)15(17)20-14-10/h2,5,9H,3-4H2,1H3/t9-,12-/m1/s1. The number of aromatic nitrogens is 2. The molecule has 102 valence electrons. The maximum absolute atomic E-state index is 11.8. The Kier molecular flexibility index (Phi) is 2.41. The number of nitro groups is 1. The third-order valence-electron chi connectivity index (χ3n) is 3.99. The van der Waals surface area contributed by atoms with Crippen LogP contribution in [0, 0.1) is 26.7 Å². The van der Waals surface area contributed by atoms with Gasteiger partial charge in [0.15, 0.2) is 0 Å². The Hall–Kier alpha value is -2.69. The highest BCUT2D eigenvalue weighted by Gasteiger charge is 2.58. The lowest BCUT2D eigenvalue weighted by Crippen LogP contribution is -2.49. The van der Waals surface area contributed by atoms with Crippen molar-refractivity contribution in [2.45, 2.75) is 31.2 Å². The van der Waals surface area contributed by atoms with Crippen LogP contribution in [-0.4, -0.2) is 15.6 Å². The molecule has 0 unspecified atom stereocenters. The number of hydrogen-bond acceptors (Lipinski definition) is 6. The zero-order valence-corrected chi connectivity index (χ0v) is 10.6. The molecule has 8 heteroatoms. The van der Waals surface area contributed by atoms with E-state index in [0.717, 1.165) is 5.57 Å². The summed E-state index contributed by atoms with van der Waals surface area (Å²) in [4.78, 5) is 11.3. The third kappa shape index (κ3) is 1.40. The minimum absolute atomic E-state index is 0.0132. The Morgan fingerprint density at radius 3 is 3.10 bits per heavy atom. The maximum Gasteiger partial charge on any atom is 0.262 e. The van der Waals surface area contributed by atoms with Gasteiger partial charge in [0.05, 0.1) is 0 Å². The van der Waals surface area contributed by atoms with E-state index in [2.05, 4.69) is 9.79 Å². The molecular formula is C12H10N4O4. The Morgan fingerprint density at radius 1 is 1.70 bits per heavy atom. The third-order valence-corrected chi connectivity index (χ3v) is 3.99. The summed E-state index contributed by atoms with van der Waals surface area (Å²) in [5.41, 5.74) is -0.310. The second-order valence-corrected chi connectivity index (χ2v) is 5.09. The van der Waals surface area contributed by atoms with E-state index in [0.29, 0.717) is 6.42 Å². The van der Waals surface area contributed by atoms with Gasteiger partial charge < -0.3 is 5.21 Å². The zero-order valence-electron chi connectivity index (χ0n) is 10.6. The molecule has 0 amide bonds. The summed E-state index contributed by atoms with van der Waals surface area (Å²) in [5, 5.41) is 36.0. The van der Waals surface area contributed by atoms with E-state index in [1.54, 1.807) is 6.08 Å². The van der Waals surface area contributed by atoms with Gasteiger partial charge in [-0.05, 0) is 18.2 Å². The number of fused-ring (bicyclic) bond motifs is 3. The number of allylic oxidation sites excluding steroid dienone is 2. The maximum atomic E-state index is 11.8. The molecule has 2 atom stereocenters. The van der Waals surface area contributed by atoms with Gasteiger partial charge in [-0.3, -0.25) is 14.7 Å². The van der Waals surface area contributed by atoms with Crippen LogP contribution in [0.25, 0.3) is 5.57 Å². The SMILES string of the molecule is CC1=CC[C@@]2([N+](=O)[O-])C=C(C#N)c3no[n+]([O-])c3[C@H]2C1. The molecule has 2 aliphatic carbocycles. The fraction of sp³-hybridized carbons (Fsp3) is 0.417. The first-order chi connectivity index (χ1) is 9.49. The van der Waals surface area contributed by atoms with Crippen LogP contribution < -0.4 is 4.90 Å². The van der Waals surface area contributed by atoms with Crippen LogP contribution in [0.1, 0.15) is 37.1 Å². The molecule has 0 bridgehead atoms. The molecule has 20 heavy (non-hydrogen) atoms. The van der Waals surface area contributed by atoms with E-state index < -0.39 is 16.4 Å². The van der Waals surface area contributed by atoms with Gasteiger partial charge in [-0.15, -0.1) is 0 Å². The van der Waals surface area contributed by atoms with Crippen molar-refractivity contribution in [3.8, 4) is 6.07 Å². The largest absolute Gasteiger partial charge is 0.359 e. The zero-order chi connectivity index (χ0) is 14.5. The second kappa shape index (κ2) is 3.90. The Balaban J connectivity index is 2.30. The summed E-state index contributed by atoms with van der Waals surface area (Å²) >= 11 is 0. The van der Waals surface area contributed by atoms with Gasteiger partial charge in [-0.2, -0.15) is 5.26 Å². The van der Waals surface area contributed by atoms with Crippen LogP contribution in [0.15, 0.2) is 22.4 Å². The number of nitrogens with zero attached hydrogens (tertiary/aromatic N) is 4. The van der Waals surface area contributed by atoms with Crippen LogP contribution in [0.4, 0.5) is 0 Å². The summed E-state index contributed by atoms with van der Waals surface area (Å²) in [5.74, 6) is -0.668. The summed E-state index contributed by atoms with van der Waals surface area (Å²) in [6.45, 7) is 1.86. The molecule has 0 aliphatic heterocycles. The highest BCUT2D eigenvalue weighted by atomic mass is 16.8. The van der Waals surface area contributed by atoms with Crippen LogP contribution in [0.2, 0.25) is 0 Å². The summed E-state index contributed by atoms with van der Waals surface area (Å²) < 4.78 is 4.54. The lowest BCUT2D eigenvalue weighted by Gasteiger charge is -2.34. The predicted octanol–water partition coefficient (Wildman–Crippen LogP) is 1.07. The van der Waals surface area contributed by atoms with Crippen molar-refractivity contribution in [2.24, 2.45) is 0 Å². The molecule has 1 heterocycles. The van der Waals surface area contributed by atoms with E-state index in [-0.39, 0.29) is 28.3 Å². The van der Waals surface area contributed by atoms with Gasteiger partial charge in [-0.25, -0.2) is 0 Å². The van der Waals surface area contributed by atoms with E-state index in [1.165, 1.54) is 6.08 Å². The van der Waals surface area contributed by atoms with Gasteiger partial charge in [0.2, 0.25) is 5.69 Å². The first kappa shape index (κ1) is 12.3. The quantitative estimate of drug-likeness (QED) is 0.327. The molecule has 1 aromatic heterocycles. The molecule has 2 aliphatic rings. The van der Waals surface area contributed by atoms with Gasteiger partial charge in [-0.1, -0.05) is 11.6 Å². The molecular weight excluding hydrogens is 264 g/mol. The van der Waals surface area contributed by atoms with E-state index >= 15 is 0 Å². The molecule has 3 rings (SSSR count). The van der Waals surface area contributed by atoms with Gasteiger partial charge in [0.1, 0.15) is 17.6 Å². The van der Waals surface area contributed by atoms with Crippen molar-refractivity contribution in [1.82, 2.24) is 5.16 Å². The van der Waals surface area contributed by atoms with Crippen molar-refractivity contribution in [2.75, 3.05) is 0 Å². The molecule has 0 radical (unpaired) electrons.